The molecule has 11 heteroatoms. The molecule has 2 aromatic carbocycles. The van der Waals surface area contributed by atoms with Crippen LogP contribution in [0.15, 0.2) is 47.7 Å². The quantitative estimate of drug-likeness (QED) is 0.485. The third-order valence-electron chi connectivity index (χ3n) is 4.91. The number of hydrogen-bond donors (Lipinski definition) is 2. The number of benzene rings is 2. The Morgan fingerprint density at radius 1 is 1.16 bits per heavy atom. The molecule has 0 saturated carbocycles. The van der Waals surface area contributed by atoms with E-state index in [-0.39, 0.29) is 22.8 Å². The molecule has 0 spiro atoms. The highest BCUT2D eigenvalue weighted by Crippen LogP contribution is 2.36. The van der Waals surface area contributed by atoms with Gasteiger partial charge in [-0.15, -0.1) is 0 Å². The number of carbonyl (C=O) groups excluding carboxylic acids is 1. The molecule has 0 radical (unpaired) electrons. The number of amides is 1. The molecule has 1 amide bonds. The van der Waals surface area contributed by atoms with Crippen LogP contribution in [0.25, 0.3) is 0 Å². The molecule has 1 atom stereocenters. The topological polar surface area (TPSA) is 62.8 Å². The first kappa shape index (κ1) is 23.3. The fraction of sp³-hybridized carbons (Fsp3) is 0.238. The van der Waals surface area contributed by atoms with Crippen LogP contribution in [0, 0.1) is 11.6 Å². The molecule has 2 aromatic rings. The predicted molar refractivity (Wildman–Crippen MR) is 114 cm³/mol. The van der Waals surface area contributed by atoms with Crippen LogP contribution < -0.4 is 20.1 Å². The minimum absolute atomic E-state index is 0.0347. The number of nitrogens with zero attached hydrogens (tertiary/aromatic N) is 1. The standard InChI is InChI=1S/C21H19F4N3O3S/c1-10-17(19(29)26-12-5-6-13(22)14(23)9-12)18(27-21(32)28(10)2)11-4-7-15(31-20(24)25)16(8-11)30-3/h4-9,18,20H,1-3H3,(H,26,29)(H,27,32). The Balaban J connectivity index is 2.00. The van der Waals surface area contributed by atoms with Crippen molar-refractivity contribution in [3.63, 3.8) is 0 Å². The maximum atomic E-state index is 13.6. The van der Waals surface area contributed by atoms with Crippen LogP contribution in [0.1, 0.15) is 18.5 Å². The predicted octanol–water partition coefficient (Wildman–Crippen LogP) is 4.35. The van der Waals surface area contributed by atoms with E-state index in [9.17, 15) is 22.4 Å². The lowest BCUT2D eigenvalue weighted by Gasteiger charge is -2.36. The molecule has 3 rings (SSSR count). The Bertz CT molecular complexity index is 1090. The van der Waals surface area contributed by atoms with Gasteiger partial charge in [0.25, 0.3) is 5.91 Å². The Morgan fingerprint density at radius 3 is 2.50 bits per heavy atom. The van der Waals surface area contributed by atoms with Crippen molar-refractivity contribution in [2.24, 2.45) is 0 Å². The second kappa shape index (κ2) is 9.43. The van der Waals surface area contributed by atoms with Crippen molar-refractivity contribution in [2.75, 3.05) is 19.5 Å². The normalized spacial score (nSPS) is 16.2. The fourth-order valence-electron chi connectivity index (χ4n) is 3.21. The molecule has 1 aliphatic heterocycles. The van der Waals surface area contributed by atoms with Crippen LogP contribution in [0.5, 0.6) is 11.5 Å². The van der Waals surface area contributed by atoms with Crippen molar-refractivity contribution < 1.29 is 31.8 Å². The van der Waals surface area contributed by atoms with Gasteiger partial charge in [-0.05, 0) is 49.0 Å². The van der Waals surface area contributed by atoms with E-state index in [0.717, 1.165) is 12.1 Å². The van der Waals surface area contributed by atoms with Gasteiger partial charge in [0.1, 0.15) is 0 Å². The molecule has 170 valence electrons. The van der Waals surface area contributed by atoms with Gasteiger partial charge < -0.3 is 25.0 Å². The number of anilines is 1. The highest BCUT2D eigenvalue weighted by Gasteiger charge is 2.33. The van der Waals surface area contributed by atoms with Crippen molar-refractivity contribution in [2.45, 2.75) is 19.6 Å². The second-order valence-electron chi connectivity index (χ2n) is 6.81. The summed E-state index contributed by atoms with van der Waals surface area (Å²) in [5.41, 5.74) is 1.27. The molecule has 1 heterocycles. The smallest absolute Gasteiger partial charge is 0.387 e. The van der Waals surface area contributed by atoms with E-state index in [1.54, 1.807) is 18.9 Å². The van der Waals surface area contributed by atoms with E-state index in [2.05, 4.69) is 15.4 Å². The van der Waals surface area contributed by atoms with Crippen molar-refractivity contribution >= 4 is 28.9 Å². The van der Waals surface area contributed by atoms with Gasteiger partial charge >= 0.3 is 6.61 Å². The average molecular weight is 469 g/mol. The summed E-state index contributed by atoms with van der Waals surface area (Å²) in [6.45, 7) is -1.37. The minimum atomic E-state index is -3.04. The second-order valence-corrected chi connectivity index (χ2v) is 7.20. The monoisotopic (exact) mass is 469 g/mol. The van der Waals surface area contributed by atoms with E-state index in [4.69, 9.17) is 17.0 Å². The number of carbonyl (C=O) groups is 1. The SMILES string of the molecule is COc1cc(C2NC(=S)N(C)C(C)=C2C(=O)Nc2ccc(F)c(F)c2)ccc1OC(F)F. The number of allylic oxidation sites excluding steroid dienone is 1. The average Bonchev–Trinajstić information content (AvgIpc) is 2.74. The van der Waals surface area contributed by atoms with E-state index in [1.807, 2.05) is 0 Å². The Hall–Kier alpha value is -3.34. The van der Waals surface area contributed by atoms with E-state index < -0.39 is 30.2 Å². The zero-order valence-electron chi connectivity index (χ0n) is 17.2. The summed E-state index contributed by atoms with van der Waals surface area (Å²) in [6.07, 6.45) is 0. The number of hydrogen-bond acceptors (Lipinski definition) is 4. The number of thiocarbonyl (C=S) groups is 1. The molecule has 1 aliphatic rings. The van der Waals surface area contributed by atoms with Crippen molar-refractivity contribution in [3.05, 3.63) is 64.9 Å². The van der Waals surface area contributed by atoms with Gasteiger partial charge in [-0.25, -0.2) is 8.78 Å². The largest absolute Gasteiger partial charge is 0.493 e. The lowest BCUT2D eigenvalue weighted by molar-refractivity contribution is -0.113. The summed E-state index contributed by atoms with van der Waals surface area (Å²) in [4.78, 5) is 14.7. The third-order valence-corrected chi connectivity index (χ3v) is 5.30. The maximum Gasteiger partial charge on any atom is 0.387 e. The number of methoxy groups -OCH3 is 1. The molecular formula is C21H19F4N3O3S. The molecule has 6 nitrogen and oxygen atoms in total. The molecule has 0 saturated heterocycles. The number of rotatable bonds is 6. The van der Waals surface area contributed by atoms with Crippen LogP contribution in [0.2, 0.25) is 0 Å². The van der Waals surface area contributed by atoms with Gasteiger partial charge in [0.15, 0.2) is 28.2 Å². The minimum Gasteiger partial charge on any atom is -0.493 e. The number of ether oxygens (including phenoxy) is 2. The van der Waals surface area contributed by atoms with Crippen LogP contribution >= 0.6 is 12.2 Å². The van der Waals surface area contributed by atoms with E-state index in [1.165, 1.54) is 31.4 Å². The zero-order chi connectivity index (χ0) is 23.6. The lowest BCUT2D eigenvalue weighted by Crippen LogP contribution is -2.46. The van der Waals surface area contributed by atoms with Gasteiger partial charge in [0, 0.05) is 24.5 Å². The number of nitrogens with one attached hydrogen (secondary N) is 2. The van der Waals surface area contributed by atoms with E-state index >= 15 is 0 Å². The molecule has 2 N–H and O–H groups in total. The van der Waals surface area contributed by atoms with Crippen LogP contribution in [0.4, 0.5) is 23.2 Å². The van der Waals surface area contributed by atoms with Crippen molar-refractivity contribution in [1.82, 2.24) is 10.2 Å². The molecule has 0 fully saturated rings. The van der Waals surface area contributed by atoms with Crippen LogP contribution in [0.3, 0.4) is 0 Å². The first-order chi connectivity index (χ1) is 15.1. The van der Waals surface area contributed by atoms with Crippen LogP contribution in [-0.2, 0) is 4.79 Å². The van der Waals surface area contributed by atoms with Crippen LogP contribution in [-0.4, -0.2) is 36.7 Å². The summed E-state index contributed by atoms with van der Waals surface area (Å²) < 4.78 is 61.6. The Labute approximate surface area is 186 Å². The van der Waals surface area contributed by atoms with Gasteiger partial charge in [-0.3, -0.25) is 4.79 Å². The highest BCUT2D eigenvalue weighted by molar-refractivity contribution is 7.80. The number of halogens is 4. The number of alkyl halides is 2. The highest BCUT2D eigenvalue weighted by atomic mass is 32.1. The van der Waals surface area contributed by atoms with Crippen molar-refractivity contribution in [1.29, 1.82) is 0 Å². The third kappa shape index (κ3) is 4.77. The molecule has 32 heavy (non-hydrogen) atoms. The summed E-state index contributed by atoms with van der Waals surface area (Å²) >= 11 is 5.33. The van der Waals surface area contributed by atoms with Gasteiger partial charge in [-0.2, -0.15) is 8.78 Å². The van der Waals surface area contributed by atoms with Gasteiger partial charge in [-0.1, -0.05) is 6.07 Å². The summed E-state index contributed by atoms with van der Waals surface area (Å²) in [7, 11) is 2.95. The maximum absolute atomic E-state index is 13.6. The van der Waals surface area contributed by atoms with E-state index in [0.29, 0.717) is 16.4 Å². The van der Waals surface area contributed by atoms with Gasteiger partial charge in [0.2, 0.25) is 0 Å². The Morgan fingerprint density at radius 2 is 1.88 bits per heavy atom. The van der Waals surface area contributed by atoms with Gasteiger partial charge in [0.05, 0.1) is 18.7 Å². The summed E-state index contributed by atoms with van der Waals surface area (Å²) in [5.74, 6) is -2.88. The Kier molecular flexibility index (Phi) is 6.87. The molecular weight excluding hydrogens is 450 g/mol. The van der Waals surface area contributed by atoms with Crippen molar-refractivity contribution in [3.8, 4) is 11.5 Å². The first-order valence-corrected chi connectivity index (χ1v) is 9.67. The zero-order valence-corrected chi connectivity index (χ0v) is 18.0. The lowest BCUT2D eigenvalue weighted by atomic mass is 9.94. The molecule has 0 aromatic heterocycles. The summed E-state index contributed by atoms with van der Waals surface area (Å²) in [6, 6.07) is 6.44. The summed E-state index contributed by atoms with van der Waals surface area (Å²) in [5, 5.41) is 5.89. The first-order valence-electron chi connectivity index (χ1n) is 9.26. The fourth-order valence-corrected chi connectivity index (χ4v) is 3.46. The molecule has 1 unspecified atom stereocenters. The molecule has 0 aliphatic carbocycles. The molecule has 0 bridgehead atoms.